The lowest BCUT2D eigenvalue weighted by molar-refractivity contribution is 0.0286. The number of hydrogen-bond acceptors (Lipinski definition) is 3. The quantitative estimate of drug-likeness (QED) is 0.747. The van der Waals surface area contributed by atoms with E-state index < -0.39 is 5.60 Å². The number of carbonyl (C=O) groups is 1. The highest BCUT2D eigenvalue weighted by Gasteiger charge is 2.39. The molecule has 0 bridgehead atoms. The number of fused-ring (bicyclic) bond motifs is 3. The zero-order chi connectivity index (χ0) is 15.9. The minimum Gasteiger partial charge on any atom is -0.444 e. The van der Waals surface area contributed by atoms with Gasteiger partial charge < -0.3 is 15.0 Å². The maximum Gasteiger partial charge on any atom is 0.410 e. The Morgan fingerprint density at radius 1 is 1.36 bits per heavy atom. The fourth-order valence-corrected chi connectivity index (χ4v) is 3.93. The van der Waals surface area contributed by atoms with Crippen molar-refractivity contribution in [3.63, 3.8) is 0 Å². The molecule has 1 N–H and O–H groups in total. The molecule has 4 nitrogen and oxygen atoms in total. The smallest absolute Gasteiger partial charge is 0.410 e. The van der Waals surface area contributed by atoms with Crippen LogP contribution < -0.4 is 5.32 Å². The molecule has 120 valence electrons. The number of para-hydroxylation sites is 1. The molecule has 1 aromatic carbocycles. The summed E-state index contributed by atoms with van der Waals surface area (Å²) in [5, 5.41) is 3.52. The summed E-state index contributed by atoms with van der Waals surface area (Å²) in [6, 6.07) is 6.31. The van der Waals surface area contributed by atoms with Gasteiger partial charge in [-0.2, -0.15) is 0 Å². The molecule has 22 heavy (non-hydrogen) atoms. The Hall–Kier alpha value is -1.23. The van der Waals surface area contributed by atoms with Crippen LogP contribution in [0.25, 0.3) is 0 Å². The molecule has 2 aliphatic rings. The predicted molar refractivity (Wildman–Crippen MR) is 91.3 cm³/mol. The van der Waals surface area contributed by atoms with E-state index in [1.54, 1.807) is 0 Å². The topological polar surface area (TPSA) is 41.6 Å². The van der Waals surface area contributed by atoms with Crippen molar-refractivity contribution in [1.29, 1.82) is 0 Å². The molecule has 5 heteroatoms. The van der Waals surface area contributed by atoms with E-state index >= 15 is 0 Å². The second-order valence-corrected chi connectivity index (χ2v) is 8.03. The lowest BCUT2D eigenvalue weighted by atomic mass is 9.87. The number of nitrogens with one attached hydrogen (secondary N) is 1. The van der Waals surface area contributed by atoms with E-state index in [0.717, 1.165) is 30.5 Å². The van der Waals surface area contributed by atoms with E-state index in [1.165, 1.54) is 11.3 Å². The molecule has 2 aliphatic heterocycles. The summed E-state index contributed by atoms with van der Waals surface area (Å²) < 4.78 is 6.63. The monoisotopic (exact) mass is 366 g/mol. The summed E-state index contributed by atoms with van der Waals surface area (Å²) in [7, 11) is 0. The summed E-state index contributed by atoms with van der Waals surface area (Å²) in [6.45, 7) is 8.21. The molecule has 2 atom stereocenters. The standard InChI is InChI=1S/C17H23BrN2O2/c1-17(2,3)22-16(21)20-9-11-7-8-19-15-12(13(11)10-20)5-4-6-14(15)18/h4-6,11,13,19H,7-10H2,1-3H3/t11-,13-/m1/s1. The van der Waals surface area contributed by atoms with Gasteiger partial charge >= 0.3 is 6.09 Å². The molecule has 0 saturated carbocycles. The van der Waals surface area contributed by atoms with Crippen LogP contribution in [0.15, 0.2) is 22.7 Å². The van der Waals surface area contributed by atoms with Gasteiger partial charge in [0.1, 0.15) is 5.60 Å². The molecule has 1 aromatic rings. The maximum absolute atomic E-state index is 12.3. The molecule has 0 aliphatic carbocycles. The number of rotatable bonds is 0. The molecule has 2 heterocycles. The van der Waals surface area contributed by atoms with Crippen LogP contribution in [-0.2, 0) is 4.74 Å². The van der Waals surface area contributed by atoms with Crippen molar-refractivity contribution in [3.8, 4) is 0 Å². The molecule has 3 rings (SSSR count). The van der Waals surface area contributed by atoms with Crippen molar-refractivity contribution in [2.24, 2.45) is 5.92 Å². The fraction of sp³-hybridized carbons (Fsp3) is 0.588. The minimum absolute atomic E-state index is 0.190. The number of amides is 1. The van der Waals surface area contributed by atoms with Crippen molar-refractivity contribution in [1.82, 2.24) is 4.90 Å². The van der Waals surface area contributed by atoms with Crippen LogP contribution in [0.4, 0.5) is 10.5 Å². The number of nitrogens with zero attached hydrogens (tertiary/aromatic N) is 1. The van der Waals surface area contributed by atoms with Crippen LogP contribution >= 0.6 is 15.9 Å². The number of carbonyl (C=O) groups excluding carboxylic acids is 1. The Labute approximate surface area is 140 Å². The zero-order valence-electron chi connectivity index (χ0n) is 13.4. The Morgan fingerprint density at radius 2 is 2.14 bits per heavy atom. The summed E-state index contributed by atoms with van der Waals surface area (Å²) in [6.07, 6.45) is 0.885. The number of hydrogen-bond donors (Lipinski definition) is 1. The number of anilines is 1. The van der Waals surface area contributed by atoms with E-state index in [-0.39, 0.29) is 6.09 Å². The lowest BCUT2D eigenvalue weighted by Gasteiger charge is -2.25. The number of likely N-dealkylation sites (tertiary alicyclic amines) is 1. The van der Waals surface area contributed by atoms with Crippen molar-refractivity contribution in [2.75, 3.05) is 25.0 Å². The molecular weight excluding hydrogens is 344 g/mol. The summed E-state index contributed by atoms with van der Waals surface area (Å²) in [5.74, 6) is 0.880. The normalized spacial score (nSPS) is 24.1. The van der Waals surface area contributed by atoms with E-state index in [1.807, 2.05) is 25.7 Å². The average Bonchev–Trinajstić information content (AvgIpc) is 2.75. The Bertz CT molecular complexity index is 583. The van der Waals surface area contributed by atoms with Gasteiger partial charge in [-0.15, -0.1) is 0 Å². The van der Waals surface area contributed by atoms with Gasteiger partial charge in [-0.3, -0.25) is 0 Å². The summed E-state index contributed by atoms with van der Waals surface area (Å²) in [5.41, 5.74) is 2.05. The third-order valence-corrected chi connectivity index (χ3v) is 5.02. The minimum atomic E-state index is -0.440. The van der Waals surface area contributed by atoms with Gasteiger partial charge in [-0.05, 0) is 60.7 Å². The highest BCUT2D eigenvalue weighted by atomic mass is 79.9. The highest BCUT2D eigenvalue weighted by Crippen LogP contribution is 2.43. The molecule has 0 aromatic heterocycles. The summed E-state index contributed by atoms with van der Waals surface area (Å²) >= 11 is 3.63. The Kier molecular flexibility index (Phi) is 4.10. The van der Waals surface area contributed by atoms with E-state index in [9.17, 15) is 4.79 Å². The first-order chi connectivity index (χ1) is 10.3. The van der Waals surface area contributed by atoms with Gasteiger partial charge in [0.15, 0.2) is 0 Å². The van der Waals surface area contributed by atoms with Gasteiger partial charge in [0, 0.05) is 30.0 Å². The molecule has 1 fully saturated rings. The van der Waals surface area contributed by atoms with Gasteiger partial charge in [0.25, 0.3) is 0 Å². The van der Waals surface area contributed by atoms with Crippen LogP contribution in [0.3, 0.4) is 0 Å². The third kappa shape index (κ3) is 3.09. The lowest BCUT2D eigenvalue weighted by Crippen LogP contribution is -2.35. The average molecular weight is 367 g/mol. The van der Waals surface area contributed by atoms with Gasteiger partial charge in [0.05, 0.1) is 5.69 Å². The van der Waals surface area contributed by atoms with Crippen LogP contribution in [0.1, 0.15) is 38.7 Å². The maximum atomic E-state index is 12.3. The zero-order valence-corrected chi connectivity index (χ0v) is 14.9. The van der Waals surface area contributed by atoms with Crippen LogP contribution in [0.5, 0.6) is 0 Å². The first kappa shape index (κ1) is 15.7. The van der Waals surface area contributed by atoms with Crippen LogP contribution in [0, 0.1) is 5.92 Å². The number of benzene rings is 1. The second kappa shape index (κ2) is 5.76. The Morgan fingerprint density at radius 3 is 2.86 bits per heavy atom. The van der Waals surface area contributed by atoms with Crippen molar-refractivity contribution in [2.45, 2.75) is 38.7 Å². The van der Waals surface area contributed by atoms with Gasteiger partial charge in [-0.25, -0.2) is 4.79 Å². The van der Waals surface area contributed by atoms with E-state index in [2.05, 4.69) is 39.4 Å². The molecule has 1 saturated heterocycles. The number of ether oxygens (including phenoxy) is 1. The predicted octanol–water partition coefficient (Wildman–Crippen LogP) is 4.22. The van der Waals surface area contributed by atoms with Gasteiger partial charge in [0.2, 0.25) is 0 Å². The van der Waals surface area contributed by atoms with Crippen molar-refractivity contribution >= 4 is 27.7 Å². The molecular formula is C17H23BrN2O2. The first-order valence-electron chi connectivity index (χ1n) is 7.85. The fourth-order valence-electron chi connectivity index (χ4n) is 3.41. The van der Waals surface area contributed by atoms with Gasteiger partial charge in [-0.1, -0.05) is 12.1 Å². The highest BCUT2D eigenvalue weighted by molar-refractivity contribution is 9.10. The van der Waals surface area contributed by atoms with Crippen molar-refractivity contribution in [3.05, 3.63) is 28.2 Å². The molecule has 0 unspecified atom stereocenters. The Balaban J connectivity index is 1.82. The molecule has 0 spiro atoms. The number of halogens is 1. The summed E-state index contributed by atoms with van der Waals surface area (Å²) in [4.78, 5) is 14.2. The van der Waals surface area contributed by atoms with E-state index in [4.69, 9.17) is 4.74 Å². The van der Waals surface area contributed by atoms with Crippen LogP contribution in [0.2, 0.25) is 0 Å². The molecule has 1 amide bonds. The largest absolute Gasteiger partial charge is 0.444 e. The SMILES string of the molecule is CC(C)(C)OC(=O)N1C[C@H]2CCNc3c(Br)cccc3[C@@H]2C1. The molecule has 0 radical (unpaired) electrons. The second-order valence-electron chi connectivity index (χ2n) is 7.17. The third-order valence-electron chi connectivity index (χ3n) is 4.35. The van der Waals surface area contributed by atoms with Crippen LogP contribution in [-0.4, -0.2) is 36.2 Å². The van der Waals surface area contributed by atoms with E-state index in [0.29, 0.717) is 11.8 Å². The first-order valence-corrected chi connectivity index (χ1v) is 8.64. The van der Waals surface area contributed by atoms with Crippen molar-refractivity contribution < 1.29 is 9.53 Å².